The van der Waals surface area contributed by atoms with E-state index in [1.165, 1.54) is 12.1 Å². The highest BCUT2D eigenvalue weighted by atomic mass is 35.5. The minimum absolute atomic E-state index is 0.00455. The lowest BCUT2D eigenvalue weighted by Gasteiger charge is -2.38. The molecule has 0 bridgehead atoms. The molecule has 7 heteroatoms. The standard InChI is InChI=1S/C17H16ClN3O3/c1-2-8-20-16(11-4-3-5-13(9-11)21(23)24)19-15-10-12(18)6-7-14(15)17(20)22/h3-7,9-10,16,19H,2,8H2,1H3. The van der Waals surface area contributed by atoms with Crippen molar-refractivity contribution in [2.45, 2.75) is 19.5 Å². The summed E-state index contributed by atoms with van der Waals surface area (Å²) in [5.74, 6) is -0.112. The highest BCUT2D eigenvalue weighted by Crippen LogP contribution is 2.35. The van der Waals surface area contributed by atoms with Crippen molar-refractivity contribution in [2.24, 2.45) is 0 Å². The Morgan fingerprint density at radius 1 is 1.29 bits per heavy atom. The van der Waals surface area contributed by atoms with Crippen molar-refractivity contribution in [3.63, 3.8) is 0 Å². The molecular formula is C17H16ClN3O3. The molecule has 0 radical (unpaired) electrons. The zero-order valence-corrected chi connectivity index (χ0v) is 13.8. The monoisotopic (exact) mass is 345 g/mol. The van der Waals surface area contributed by atoms with Gasteiger partial charge in [0, 0.05) is 29.3 Å². The van der Waals surface area contributed by atoms with Gasteiger partial charge in [0.15, 0.2) is 0 Å². The summed E-state index contributed by atoms with van der Waals surface area (Å²) < 4.78 is 0. The third-order valence-electron chi connectivity index (χ3n) is 3.94. The SMILES string of the molecule is CCCN1C(=O)c2ccc(Cl)cc2NC1c1cccc([N+](=O)[O-])c1. The average molecular weight is 346 g/mol. The maximum atomic E-state index is 12.8. The van der Waals surface area contributed by atoms with Crippen LogP contribution in [0.2, 0.25) is 5.02 Å². The van der Waals surface area contributed by atoms with Crippen molar-refractivity contribution in [2.75, 3.05) is 11.9 Å². The molecule has 2 aromatic rings. The number of benzene rings is 2. The van der Waals surface area contributed by atoms with E-state index in [1.54, 1.807) is 35.2 Å². The van der Waals surface area contributed by atoms with Crippen molar-refractivity contribution >= 4 is 28.9 Å². The lowest BCUT2D eigenvalue weighted by molar-refractivity contribution is -0.384. The van der Waals surface area contributed by atoms with Gasteiger partial charge in [0.25, 0.3) is 11.6 Å². The number of anilines is 1. The topological polar surface area (TPSA) is 75.5 Å². The number of amides is 1. The fourth-order valence-corrected chi connectivity index (χ4v) is 3.03. The first-order valence-corrected chi connectivity index (χ1v) is 8.00. The first kappa shape index (κ1) is 16.3. The molecule has 1 heterocycles. The molecule has 1 aliphatic rings. The van der Waals surface area contributed by atoms with Crippen LogP contribution in [0.15, 0.2) is 42.5 Å². The van der Waals surface area contributed by atoms with Gasteiger partial charge in [-0.05, 0) is 24.6 Å². The largest absolute Gasteiger partial charge is 0.361 e. The number of nitro benzene ring substituents is 1. The van der Waals surface area contributed by atoms with Crippen molar-refractivity contribution in [3.05, 3.63) is 68.7 Å². The number of non-ortho nitro benzene ring substituents is 1. The van der Waals surface area contributed by atoms with Crippen LogP contribution in [-0.2, 0) is 0 Å². The molecule has 0 saturated heterocycles. The van der Waals surface area contributed by atoms with Crippen LogP contribution in [0.4, 0.5) is 11.4 Å². The van der Waals surface area contributed by atoms with E-state index >= 15 is 0 Å². The summed E-state index contributed by atoms with van der Waals surface area (Å²) >= 11 is 6.03. The predicted octanol–water partition coefficient (Wildman–Crippen LogP) is 4.22. The molecular weight excluding hydrogens is 330 g/mol. The highest BCUT2D eigenvalue weighted by molar-refractivity contribution is 6.31. The van der Waals surface area contributed by atoms with Crippen LogP contribution in [-0.4, -0.2) is 22.3 Å². The van der Waals surface area contributed by atoms with Crippen LogP contribution < -0.4 is 5.32 Å². The Morgan fingerprint density at radius 2 is 2.08 bits per heavy atom. The molecule has 1 atom stereocenters. The minimum atomic E-state index is -0.469. The predicted molar refractivity (Wildman–Crippen MR) is 92.2 cm³/mol. The summed E-state index contributed by atoms with van der Waals surface area (Å²) in [5, 5.41) is 14.8. The molecule has 0 fully saturated rings. The molecule has 0 saturated carbocycles. The fraction of sp³-hybridized carbons (Fsp3) is 0.235. The first-order valence-electron chi connectivity index (χ1n) is 7.62. The second kappa shape index (κ2) is 6.49. The van der Waals surface area contributed by atoms with Gasteiger partial charge in [-0.15, -0.1) is 0 Å². The molecule has 0 aromatic heterocycles. The molecule has 0 spiro atoms. The van der Waals surface area contributed by atoms with E-state index in [9.17, 15) is 14.9 Å². The minimum Gasteiger partial charge on any atom is -0.361 e. The number of nitrogens with zero attached hydrogens (tertiary/aromatic N) is 2. The van der Waals surface area contributed by atoms with Crippen LogP contribution >= 0.6 is 11.6 Å². The number of hydrogen-bond acceptors (Lipinski definition) is 4. The van der Waals surface area contributed by atoms with Gasteiger partial charge in [-0.1, -0.05) is 30.7 Å². The van der Waals surface area contributed by atoms with Gasteiger partial charge in [0.1, 0.15) is 6.17 Å². The number of halogens is 1. The summed E-state index contributed by atoms with van der Waals surface area (Å²) in [4.78, 5) is 25.1. The van der Waals surface area contributed by atoms with E-state index in [1.807, 2.05) is 6.92 Å². The summed E-state index contributed by atoms with van der Waals surface area (Å²) in [7, 11) is 0. The smallest absolute Gasteiger partial charge is 0.269 e. The van der Waals surface area contributed by atoms with Gasteiger partial charge in [-0.25, -0.2) is 0 Å². The Labute approximate surface area is 144 Å². The maximum absolute atomic E-state index is 12.8. The van der Waals surface area contributed by atoms with Gasteiger partial charge in [-0.2, -0.15) is 0 Å². The van der Waals surface area contributed by atoms with Crippen molar-refractivity contribution in [1.82, 2.24) is 4.90 Å². The van der Waals surface area contributed by atoms with Crippen LogP contribution in [0.1, 0.15) is 35.4 Å². The Bertz CT molecular complexity index is 809. The molecule has 1 amide bonds. The van der Waals surface area contributed by atoms with Crippen molar-refractivity contribution in [3.8, 4) is 0 Å². The van der Waals surface area contributed by atoms with Gasteiger partial charge in [-0.3, -0.25) is 14.9 Å². The van der Waals surface area contributed by atoms with E-state index in [0.717, 1.165) is 6.42 Å². The van der Waals surface area contributed by atoms with Crippen LogP contribution in [0.5, 0.6) is 0 Å². The molecule has 24 heavy (non-hydrogen) atoms. The number of carbonyl (C=O) groups excluding carboxylic acids is 1. The zero-order chi connectivity index (χ0) is 17.3. The molecule has 3 rings (SSSR count). The second-order valence-corrected chi connectivity index (χ2v) is 6.02. The van der Waals surface area contributed by atoms with E-state index in [0.29, 0.717) is 28.4 Å². The number of nitrogens with one attached hydrogen (secondary N) is 1. The van der Waals surface area contributed by atoms with Gasteiger partial charge in [0.05, 0.1) is 16.2 Å². The molecule has 1 aliphatic heterocycles. The summed E-state index contributed by atoms with van der Waals surface area (Å²) in [5.41, 5.74) is 1.85. The molecule has 2 aromatic carbocycles. The Kier molecular flexibility index (Phi) is 4.40. The van der Waals surface area contributed by atoms with Crippen LogP contribution in [0, 0.1) is 10.1 Å². The van der Waals surface area contributed by atoms with E-state index in [-0.39, 0.29) is 11.6 Å². The third kappa shape index (κ3) is 2.92. The van der Waals surface area contributed by atoms with Gasteiger partial charge >= 0.3 is 0 Å². The third-order valence-corrected chi connectivity index (χ3v) is 4.17. The van der Waals surface area contributed by atoms with E-state index < -0.39 is 11.1 Å². The summed E-state index contributed by atoms with van der Waals surface area (Å²) in [6, 6.07) is 11.4. The molecule has 1 N–H and O–H groups in total. The first-order chi connectivity index (χ1) is 11.5. The Balaban J connectivity index is 2.06. The summed E-state index contributed by atoms with van der Waals surface area (Å²) in [6.07, 6.45) is 0.310. The summed E-state index contributed by atoms with van der Waals surface area (Å²) in [6.45, 7) is 2.52. The normalized spacial score (nSPS) is 16.5. The van der Waals surface area contributed by atoms with Crippen molar-refractivity contribution in [1.29, 1.82) is 0 Å². The number of carbonyl (C=O) groups is 1. The lowest BCUT2D eigenvalue weighted by atomic mass is 10.0. The fourth-order valence-electron chi connectivity index (χ4n) is 2.86. The second-order valence-electron chi connectivity index (χ2n) is 5.59. The van der Waals surface area contributed by atoms with E-state index in [2.05, 4.69) is 5.32 Å². The van der Waals surface area contributed by atoms with Gasteiger partial charge in [0.2, 0.25) is 0 Å². The quantitative estimate of drug-likeness (QED) is 0.664. The van der Waals surface area contributed by atoms with Crippen LogP contribution in [0.25, 0.3) is 0 Å². The van der Waals surface area contributed by atoms with E-state index in [4.69, 9.17) is 11.6 Å². The molecule has 1 unspecified atom stereocenters. The number of rotatable bonds is 4. The lowest BCUT2D eigenvalue weighted by Crippen LogP contribution is -2.43. The number of nitro groups is 1. The van der Waals surface area contributed by atoms with Crippen LogP contribution in [0.3, 0.4) is 0 Å². The average Bonchev–Trinajstić information content (AvgIpc) is 2.57. The molecule has 0 aliphatic carbocycles. The number of hydrogen-bond donors (Lipinski definition) is 1. The number of fused-ring (bicyclic) bond motifs is 1. The molecule has 6 nitrogen and oxygen atoms in total. The maximum Gasteiger partial charge on any atom is 0.269 e. The van der Waals surface area contributed by atoms with Crippen molar-refractivity contribution < 1.29 is 9.72 Å². The Hall–Kier alpha value is -2.60. The zero-order valence-electron chi connectivity index (χ0n) is 13.0. The van der Waals surface area contributed by atoms with Gasteiger partial charge < -0.3 is 10.2 Å². The highest BCUT2D eigenvalue weighted by Gasteiger charge is 2.33. The molecule has 124 valence electrons. The Morgan fingerprint density at radius 3 is 2.79 bits per heavy atom.